The molecule has 1 unspecified atom stereocenters. The van der Waals surface area contributed by atoms with Crippen LogP contribution in [0.3, 0.4) is 0 Å². The Hall–Kier alpha value is -1.00. The lowest BCUT2D eigenvalue weighted by molar-refractivity contribution is 0.0596. The largest absolute Gasteiger partial charge is 0.465 e. The molecule has 92 valence electrons. The van der Waals surface area contributed by atoms with E-state index in [1.54, 1.807) is 11.8 Å². The van der Waals surface area contributed by atoms with E-state index in [2.05, 4.69) is 11.4 Å². The molecule has 0 spiro atoms. The fourth-order valence-corrected chi connectivity index (χ4v) is 3.10. The zero-order valence-electron chi connectivity index (χ0n) is 10.2. The van der Waals surface area contributed by atoms with Crippen LogP contribution in [0.25, 0.3) is 0 Å². The number of rotatable bonds is 3. The molecule has 2 rings (SSSR count). The highest BCUT2D eigenvalue weighted by Crippen LogP contribution is 2.33. The maximum absolute atomic E-state index is 11.7. The Kier molecular flexibility index (Phi) is 4.07. The second kappa shape index (κ2) is 5.56. The summed E-state index contributed by atoms with van der Waals surface area (Å²) in [5.74, 6) is -0.255. The van der Waals surface area contributed by atoms with Crippen molar-refractivity contribution in [2.24, 2.45) is 0 Å². The van der Waals surface area contributed by atoms with Crippen LogP contribution in [-0.4, -0.2) is 25.9 Å². The van der Waals surface area contributed by atoms with Gasteiger partial charge in [0, 0.05) is 10.9 Å². The average Bonchev–Trinajstić information content (AvgIpc) is 2.90. The molecule has 1 atom stereocenters. The van der Waals surface area contributed by atoms with Crippen LogP contribution >= 0.6 is 11.8 Å². The van der Waals surface area contributed by atoms with E-state index < -0.39 is 0 Å². The topological polar surface area (TPSA) is 38.3 Å². The number of thioether (sulfide) groups is 1. The molecule has 1 aromatic rings. The molecule has 0 radical (unpaired) electrons. The monoisotopic (exact) mass is 251 g/mol. The van der Waals surface area contributed by atoms with Gasteiger partial charge in [0.2, 0.25) is 0 Å². The average molecular weight is 251 g/mol. The number of esters is 1. The molecule has 1 N–H and O–H groups in total. The lowest BCUT2D eigenvalue weighted by atomic mass is 10.0. The van der Waals surface area contributed by atoms with Gasteiger partial charge in [-0.25, -0.2) is 4.79 Å². The smallest absolute Gasteiger partial charge is 0.339 e. The second-order valence-corrected chi connectivity index (χ2v) is 4.89. The summed E-state index contributed by atoms with van der Waals surface area (Å²) in [6, 6.07) is 6.24. The van der Waals surface area contributed by atoms with Gasteiger partial charge in [-0.2, -0.15) is 0 Å². The summed E-state index contributed by atoms with van der Waals surface area (Å²) in [6.45, 7) is 1.06. The molecule has 1 aromatic carbocycles. The summed E-state index contributed by atoms with van der Waals surface area (Å²) in [5.41, 5.74) is 1.89. The van der Waals surface area contributed by atoms with E-state index in [-0.39, 0.29) is 5.97 Å². The van der Waals surface area contributed by atoms with E-state index in [9.17, 15) is 4.79 Å². The van der Waals surface area contributed by atoms with E-state index in [1.165, 1.54) is 19.1 Å². The van der Waals surface area contributed by atoms with Gasteiger partial charge in [0.25, 0.3) is 0 Å². The summed E-state index contributed by atoms with van der Waals surface area (Å²) >= 11 is 1.61. The fourth-order valence-electron chi connectivity index (χ4n) is 2.28. The van der Waals surface area contributed by atoms with Gasteiger partial charge in [0.15, 0.2) is 0 Å². The summed E-state index contributed by atoms with van der Waals surface area (Å²) in [4.78, 5) is 12.7. The first-order chi connectivity index (χ1) is 8.27. The minimum absolute atomic E-state index is 0.255. The van der Waals surface area contributed by atoms with Crippen LogP contribution in [0.2, 0.25) is 0 Å². The van der Waals surface area contributed by atoms with Crippen molar-refractivity contribution in [1.29, 1.82) is 0 Å². The van der Waals surface area contributed by atoms with Gasteiger partial charge >= 0.3 is 5.97 Å². The predicted molar refractivity (Wildman–Crippen MR) is 69.5 cm³/mol. The molecule has 0 amide bonds. The molecule has 1 fully saturated rings. The predicted octanol–water partition coefficient (Wildman–Crippen LogP) is 2.62. The maximum Gasteiger partial charge on any atom is 0.339 e. The number of ether oxygens (including phenoxy) is 1. The van der Waals surface area contributed by atoms with Crippen LogP contribution in [0.5, 0.6) is 0 Å². The van der Waals surface area contributed by atoms with Crippen molar-refractivity contribution in [3.8, 4) is 0 Å². The van der Waals surface area contributed by atoms with Gasteiger partial charge in [0.05, 0.1) is 12.7 Å². The number of benzene rings is 1. The quantitative estimate of drug-likeness (QED) is 0.662. The van der Waals surface area contributed by atoms with Crippen molar-refractivity contribution in [3.05, 3.63) is 29.3 Å². The minimum atomic E-state index is -0.255. The minimum Gasteiger partial charge on any atom is -0.465 e. The molecule has 4 heteroatoms. The molecule has 0 saturated carbocycles. The molecule has 1 aliphatic rings. The second-order valence-electron chi connectivity index (χ2n) is 4.07. The SMILES string of the molecule is COC(=O)c1cccc(C2CCCN2)c1SC. The zero-order chi connectivity index (χ0) is 12.3. The Morgan fingerprint density at radius 2 is 2.35 bits per heavy atom. The van der Waals surface area contributed by atoms with Gasteiger partial charge in [-0.1, -0.05) is 12.1 Å². The first-order valence-corrected chi connectivity index (χ1v) is 6.99. The highest BCUT2D eigenvalue weighted by molar-refractivity contribution is 7.98. The summed E-state index contributed by atoms with van der Waals surface area (Å²) in [7, 11) is 1.42. The lowest BCUT2D eigenvalue weighted by Crippen LogP contribution is -2.15. The van der Waals surface area contributed by atoms with Crippen molar-refractivity contribution >= 4 is 17.7 Å². The lowest BCUT2D eigenvalue weighted by Gasteiger charge is -2.16. The molecule has 0 bridgehead atoms. The van der Waals surface area contributed by atoms with Crippen LogP contribution in [-0.2, 0) is 4.74 Å². The van der Waals surface area contributed by atoms with Crippen molar-refractivity contribution in [1.82, 2.24) is 5.32 Å². The third kappa shape index (κ3) is 2.48. The van der Waals surface area contributed by atoms with Gasteiger partial charge < -0.3 is 10.1 Å². The van der Waals surface area contributed by atoms with Crippen LogP contribution < -0.4 is 5.32 Å². The summed E-state index contributed by atoms with van der Waals surface area (Å²) in [5, 5.41) is 3.47. The van der Waals surface area contributed by atoms with Gasteiger partial charge in [-0.3, -0.25) is 0 Å². The Balaban J connectivity index is 2.41. The van der Waals surface area contributed by atoms with Gasteiger partial charge in [-0.05, 0) is 37.3 Å². The van der Waals surface area contributed by atoms with Crippen molar-refractivity contribution in [2.45, 2.75) is 23.8 Å². The summed E-state index contributed by atoms with van der Waals surface area (Å²) < 4.78 is 4.82. The van der Waals surface area contributed by atoms with Crippen molar-refractivity contribution < 1.29 is 9.53 Å². The number of carbonyl (C=O) groups excluding carboxylic acids is 1. The van der Waals surface area contributed by atoms with E-state index in [0.29, 0.717) is 11.6 Å². The number of methoxy groups -OCH3 is 1. The molecular weight excluding hydrogens is 234 g/mol. The highest BCUT2D eigenvalue weighted by atomic mass is 32.2. The van der Waals surface area contributed by atoms with Crippen LogP contribution in [0.15, 0.2) is 23.1 Å². The third-order valence-electron chi connectivity index (χ3n) is 3.09. The standard InChI is InChI=1S/C13H17NO2S/c1-16-13(15)10-6-3-5-9(12(10)17-2)11-7-4-8-14-11/h3,5-6,11,14H,4,7-8H2,1-2H3. The Morgan fingerprint density at radius 3 is 2.94 bits per heavy atom. The number of nitrogens with one attached hydrogen (secondary N) is 1. The molecule has 3 nitrogen and oxygen atoms in total. The van der Waals surface area contributed by atoms with E-state index in [0.717, 1.165) is 17.9 Å². The van der Waals surface area contributed by atoms with E-state index in [4.69, 9.17) is 4.74 Å². The number of carbonyl (C=O) groups is 1. The summed E-state index contributed by atoms with van der Waals surface area (Å²) in [6.07, 6.45) is 4.33. The zero-order valence-corrected chi connectivity index (χ0v) is 11.0. The van der Waals surface area contributed by atoms with E-state index >= 15 is 0 Å². The first-order valence-electron chi connectivity index (χ1n) is 5.76. The Labute approximate surface area is 106 Å². The van der Waals surface area contributed by atoms with Crippen LogP contribution in [0.4, 0.5) is 0 Å². The number of hydrogen-bond acceptors (Lipinski definition) is 4. The molecule has 1 saturated heterocycles. The molecule has 0 aromatic heterocycles. The third-order valence-corrected chi connectivity index (χ3v) is 3.95. The number of hydrogen-bond donors (Lipinski definition) is 1. The van der Waals surface area contributed by atoms with Gasteiger partial charge in [0.1, 0.15) is 0 Å². The van der Waals surface area contributed by atoms with E-state index in [1.807, 2.05) is 18.4 Å². The molecule has 1 aliphatic heterocycles. The van der Waals surface area contributed by atoms with Crippen LogP contribution in [0, 0.1) is 0 Å². The molecule has 1 heterocycles. The fraction of sp³-hybridized carbons (Fsp3) is 0.462. The Bertz CT molecular complexity index is 414. The highest BCUT2D eigenvalue weighted by Gasteiger charge is 2.22. The first kappa shape index (κ1) is 12.5. The maximum atomic E-state index is 11.7. The van der Waals surface area contributed by atoms with Gasteiger partial charge in [-0.15, -0.1) is 11.8 Å². The molecule has 17 heavy (non-hydrogen) atoms. The van der Waals surface area contributed by atoms with Crippen LogP contribution in [0.1, 0.15) is 34.8 Å². The molecular formula is C13H17NO2S. The van der Waals surface area contributed by atoms with Crippen molar-refractivity contribution in [2.75, 3.05) is 19.9 Å². The molecule has 0 aliphatic carbocycles. The normalized spacial score (nSPS) is 19.3. The Morgan fingerprint density at radius 1 is 1.53 bits per heavy atom. The van der Waals surface area contributed by atoms with Crippen molar-refractivity contribution in [3.63, 3.8) is 0 Å².